The van der Waals surface area contributed by atoms with E-state index in [9.17, 15) is 23.3 Å². The van der Waals surface area contributed by atoms with Crippen LogP contribution in [0.2, 0.25) is 0 Å². The highest BCUT2D eigenvalue weighted by atomic mass is 32.2. The Kier molecular flexibility index (Phi) is 5.57. The van der Waals surface area contributed by atoms with Crippen molar-refractivity contribution in [3.05, 3.63) is 69.9 Å². The molecule has 2 aromatic carbocycles. The number of carboxylic acids is 1. The molecule has 1 aliphatic rings. The van der Waals surface area contributed by atoms with Gasteiger partial charge in [-0.2, -0.15) is 8.42 Å². The van der Waals surface area contributed by atoms with Gasteiger partial charge in [0, 0.05) is 17.2 Å². The lowest BCUT2D eigenvalue weighted by Crippen LogP contribution is -2.17. The van der Waals surface area contributed by atoms with Crippen LogP contribution in [0.4, 0.5) is 5.69 Å². The number of aliphatic imine (C=N–C) groups is 1. The summed E-state index contributed by atoms with van der Waals surface area (Å²) in [7, 11) is -4.46. The number of fused-ring (bicyclic) bond motifs is 1. The third-order valence-corrected chi connectivity index (χ3v) is 7.17. The van der Waals surface area contributed by atoms with Crippen LogP contribution in [0, 0.1) is 17.0 Å². The van der Waals surface area contributed by atoms with Crippen molar-refractivity contribution >= 4 is 49.5 Å². The number of nitro groups is 1. The summed E-state index contributed by atoms with van der Waals surface area (Å²) >= 11 is 1.30. The van der Waals surface area contributed by atoms with Gasteiger partial charge in [-0.15, -0.1) is 11.8 Å². The molecule has 3 aromatic rings. The topological polar surface area (TPSA) is 149 Å². The molecule has 0 radical (unpaired) electrons. The molecular weight excluding hydrogens is 458 g/mol. The van der Waals surface area contributed by atoms with Crippen LogP contribution in [0.25, 0.3) is 10.9 Å². The highest BCUT2D eigenvalue weighted by Gasteiger charge is 2.30. The van der Waals surface area contributed by atoms with E-state index in [1.54, 1.807) is 18.2 Å². The van der Waals surface area contributed by atoms with Crippen LogP contribution in [0.1, 0.15) is 11.3 Å². The molecule has 1 N–H and O–H groups in total. The summed E-state index contributed by atoms with van der Waals surface area (Å²) in [6, 6.07) is 10.9. The maximum atomic E-state index is 12.8. The van der Waals surface area contributed by atoms with Crippen LogP contribution in [-0.4, -0.2) is 46.2 Å². The SMILES string of the molecule is Cc1cccc([N+](=O)[O-])c1S(=O)(=O)Oc1ccc2nc(C3=N[C@@H](C(=O)O)CS3)ccc2c1. The third kappa shape index (κ3) is 4.14. The number of thioether (sulfide) groups is 1. The smallest absolute Gasteiger partial charge is 0.346 e. The van der Waals surface area contributed by atoms with E-state index in [4.69, 9.17) is 9.29 Å². The first kappa shape index (κ1) is 21.7. The van der Waals surface area contributed by atoms with Gasteiger partial charge in [-0.3, -0.25) is 15.1 Å². The van der Waals surface area contributed by atoms with Crippen molar-refractivity contribution in [3.8, 4) is 5.75 Å². The summed E-state index contributed by atoms with van der Waals surface area (Å²) in [5, 5.41) is 21.4. The van der Waals surface area contributed by atoms with Gasteiger partial charge in [-0.05, 0) is 36.8 Å². The van der Waals surface area contributed by atoms with Gasteiger partial charge >= 0.3 is 16.1 Å². The van der Waals surface area contributed by atoms with Crippen molar-refractivity contribution in [2.75, 3.05) is 5.75 Å². The molecule has 0 amide bonds. The molecule has 164 valence electrons. The molecule has 0 aliphatic carbocycles. The van der Waals surface area contributed by atoms with Gasteiger partial charge in [0.2, 0.25) is 0 Å². The molecule has 1 aromatic heterocycles. The average molecular weight is 473 g/mol. The molecular formula is C20H15N3O7S2. The zero-order valence-corrected chi connectivity index (χ0v) is 18.1. The quantitative estimate of drug-likeness (QED) is 0.323. The molecule has 0 saturated carbocycles. The number of pyridine rings is 1. The van der Waals surface area contributed by atoms with Crippen LogP contribution in [-0.2, 0) is 14.9 Å². The van der Waals surface area contributed by atoms with Crippen molar-refractivity contribution < 1.29 is 27.4 Å². The highest BCUT2D eigenvalue weighted by Crippen LogP contribution is 2.31. The Morgan fingerprint density at radius 3 is 2.72 bits per heavy atom. The standard InChI is InChI=1S/C20H15N3O7S2/c1-11-3-2-4-17(23(26)27)18(11)32(28,29)30-13-6-8-14-12(9-13)5-7-15(21-14)19-22-16(10-31-19)20(24)25/h2-9,16H,10H2,1H3,(H,24,25)/t16-/m1/s1. The lowest BCUT2D eigenvalue weighted by Gasteiger charge is -2.10. The first-order valence-electron chi connectivity index (χ1n) is 9.19. The summed E-state index contributed by atoms with van der Waals surface area (Å²) < 4.78 is 30.8. The summed E-state index contributed by atoms with van der Waals surface area (Å²) in [5.41, 5.74) is 0.673. The minimum atomic E-state index is -4.46. The molecule has 12 heteroatoms. The van der Waals surface area contributed by atoms with Crippen LogP contribution in [0.5, 0.6) is 5.75 Å². The molecule has 0 fully saturated rings. The maximum absolute atomic E-state index is 12.8. The lowest BCUT2D eigenvalue weighted by molar-refractivity contribution is -0.388. The number of hydrogen-bond donors (Lipinski definition) is 1. The zero-order chi connectivity index (χ0) is 23.0. The van der Waals surface area contributed by atoms with Crippen LogP contribution < -0.4 is 4.18 Å². The Bertz CT molecular complexity index is 1400. The van der Waals surface area contributed by atoms with Crippen LogP contribution in [0.3, 0.4) is 0 Å². The maximum Gasteiger partial charge on any atom is 0.346 e. The van der Waals surface area contributed by atoms with E-state index in [2.05, 4.69) is 9.98 Å². The van der Waals surface area contributed by atoms with E-state index in [0.717, 1.165) is 6.07 Å². The van der Waals surface area contributed by atoms with Gasteiger partial charge in [0.1, 0.15) is 10.8 Å². The van der Waals surface area contributed by atoms with E-state index in [1.807, 2.05) is 0 Å². The molecule has 1 aliphatic heterocycles. The fourth-order valence-corrected chi connectivity index (χ4v) is 5.49. The summed E-state index contributed by atoms with van der Waals surface area (Å²) in [6.45, 7) is 1.45. The van der Waals surface area contributed by atoms with E-state index in [-0.39, 0.29) is 11.3 Å². The Hall–Kier alpha value is -3.51. The Labute approximate surface area is 186 Å². The average Bonchev–Trinajstić information content (AvgIpc) is 3.23. The molecule has 0 spiro atoms. The normalized spacial score (nSPS) is 16.0. The largest absolute Gasteiger partial charge is 0.480 e. The Morgan fingerprint density at radius 1 is 1.25 bits per heavy atom. The molecule has 1 atom stereocenters. The van der Waals surface area contributed by atoms with Crippen molar-refractivity contribution in [2.24, 2.45) is 4.99 Å². The number of aryl methyl sites for hydroxylation is 1. The van der Waals surface area contributed by atoms with E-state index in [0.29, 0.717) is 27.4 Å². The van der Waals surface area contributed by atoms with E-state index < -0.39 is 37.6 Å². The second-order valence-electron chi connectivity index (χ2n) is 6.87. The van der Waals surface area contributed by atoms with Gasteiger partial charge in [-0.25, -0.2) is 9.78 Å². The monoisotopic (exact) mass is 473 g/mol. The van der Waals surface area contributed by atoms with Crippen molar-refractivity contribution in [1.29, 1.82) is 0 Å². The number of rotatable bonds is 6. The van der Waals surface area contributed by atoms with Gasteiger partial charge in [0.25, 0.3) is 5.69 Å². The van der Waals surface area contributed by atoms with Crippen LogP contribution >= 0.6 is 11.8 Å². The predicted octanol–water partition coefficient (Wildman–Crippen LogP) is 3.17. The minimum absolute atomic E-state index is 0.0249. The number of nitrogens with zero attached hydrogens (tertiary/aromatic N) is 3. The fourth-order valence-electron chi connectivity index (χ4n) is 3.19. The van der Waals surface area contributed by atoms with Crippen molar-refractivity contribution in [2.45, 2.75) is 17.9 Å². The van der Waals surface area contributed by atoms with Crippen molar-refractivity contribution in [1.82, 2.24) is 4.98 Å². The Morgan fingerprint density at radius 2 is 2.03 bits per heavy atom. The Balaban J connectivity index is 1.65. The molecule has 0 saturated heterocycles. The summed E-state index contributed by atoms with van der Waals surface area (Å²) in [5.74, 6) is -0.687. The number of hydrogen-bond acceptors (Lipinski definition) is 9. The molecule has 2 heterocycles. The van der Waals surface area contributed by atoms with Gasteiger partial charge in [0.05, 0.1) is 16.1 Å². The minimum Gasteiger partial charge on any atom is -0.480 e. The number of carbonyl (C=O) groups is 1. The predicted molar refractivity (Wildman–Crippen MR) is 118 cm³/mol. The second-order valence-corrected chi connectivity index (χ2v) is 9.36. The van der Waals surface area contributed by atoms with Gasteiger partial charge in [-0.1, -0.05) is 18.2 Å². The molecule has 32 heavy (non-hydrogen) atoms. The zero-order valence-electron chi connectivity index (χ0n) is 16.5. The second kappa shape index (κ2) is 8.20. The summed E-state index contributed by atoms with van der Waals surface area (Å²) in [4.78, 5) is 29.7. The van der Waals surface area contributed by atoms with Gasteiger partial charge in [0.15, 0.2) is 10.9 Å². The van der Waals surface area contributed by atoms with Crippen molar-refractivity contribution in [3.63, 3.8) is 0 Å². The number of nitro benzene ring substituents is 1. The number of benzene rings is 2. The number of carboxylic acid groups (broad SMARTS) is 1. The van der Waals surface area contributed by atoms with Gasteiger partial charge < -0.3 is 9.29 Å². The lowest BCUT2D eigenvalue weighted by atomic mass is 10.2. The van der Waals surface area contributed by atoms with E-state index >= 15 is 0 Å². The van der Waals surface area contributed by atoms with Crippen LogP contribution in [0.15, 0.2) is 58.4 Å². The first-order chi connectivity index (χ1) is 15.2. The van der Waals surface area contributed by atoms with E-state index in [1.165, 1.54) is 43.0 Å². The number of aromatic nitrogens is 1. The fraction of sp³-hybridized carbons (Fsp3) is 0.150. The molecule has 0 unspecified atom stereocenters. The molecule has 10 nitrogen and oxygen atoms in total. The third-order valence-electron chi connectivity index (χ3n) is 4.66. The first-order valence-corrected chi connectivity index (χ1v) is 11.6. The number of aliphatic carboxylic acids is 1. The highest BCUT2D eigenvalue weighted by molar-refractivity contribution is 8.14. The molecule has 4 rings (SSSR count). The molecule has 0 bridgehead atoms. The summed E-state index contributed by atoms with van der Waals surface area (Å²) in [6.07, 6.45) is 0.